The summed E-state index contributed by atoms with van der Waals surface area (Å²) in [6.45, 7) is 0.402. The van der Waals surface area contributed by atoms with Crippen LogP contribution >= 0.6 is 11.6 Å². The zero-order chi connectivity index (χ0) is 19.4. The fourth-order valence-electron chi connectivity index (χ4n) is 2.51. The molecule has 140 valence electrons. The molecule has 8 heteroatoms. The van der Waals surface area contributed by atoms with Crippen molar-refractivity contribution in [1.82, 2.24) is 9.97 Å². The van der Waals surface area contributed by atoms with Gasteiger partial charge in [-0.05, 0) is 18.2 Å². The molecule has 3 rings (SSSR count). The lowest BCUT2D eigenvalue weighted by molar-refractivity contribution is -0.137. The molecule has 2 aromatic carbocycles. The minimum atomic E-state index is -4.44. The SMILES string of the molecule is COc1ccccc1CNc1cc(Cl)nc(-c2cccc(C(F)(F)F)c2)n1. The number of methoxy groups -OCH3 is 1. The maximum absolute atomic E-state index is 12.9. The summed E-state index contributed by atoms with van der Waals surface area (Å²) < 4.78 is 44.1. The maximum Gasteiger partial charge on any atom is 0.416 e. The molecule has 0 saturated carbocycles. The molecule has 0 aliphatic heterocycles. The number of alkyl halides is 3. The molecule has 0 aliphatic rings. The van der Waals surface area contributed by atoms with Gasteiger partial charge in [0, 0.05) is 23.7 Å². The van der Waals surface area contributed by atoms with E-state index in [1.54, 1.807) is 7.11 Å². The van der Waals surface area contributed by atoms with Crippen molar-refractivity contribution in [2.75, 3.05) is 12.4 Å². The Balaban J connectivity index is 1.87. The van der Waals surface area contributed by atoms with Gasteiger partial charge in [0.05, 0.1) is 12.7 Å². The summed E-state index contributed by atoms with van der Waals surface area (Å²) in [5.41, 5.74) is 0.357. The number of nitrogens with zero attached hydrogens (tertiary/aromatic N) is 2. The van der Waals surface area contributed by atoms with Crippen LogP contribution in [-0.2, 0) is 12.7 Å². The van der Waals surface area contributed by atoms with Crippen LogP contribution in [0.5, 0.6) is 5.75 Å². The van der Waals surface area contributed by atoms with Gasteiger partial charge in [-0.2, -0.15) is 13.2 Å². The molecule has 1 aromatic heterocycles. The lowest BCUT2D eigenvalue weighted by Crippen LogP contribution is -2.06. The minimum absolute atomic E-state index is 0.108. The number of ether oxygens (including phenoxy) is 1. The number of hydrogen-bond acceptors (Lipinski definition) is 4. The second-order valence-corrected chi connectivity index (χ2v) is 6.03. The van der Waals surface area contributed by atoms with E-state index in [2.05, 4.69) is 15.3 Å². The van der Waals surface area contributed by atoms with E-state index < -0.39 is 11.7 Å². The van der Waals surface area contributed by atoms with E-state index in [0.29, 0.717) is 18.1 Å². The first kappa shape index (κ1) is 19.0. The van der Waals surface area contributed by atoms with Crippen LogP contribution in [0.2, 0.25) is 5.15 Å². The summed E-state index contributed by atoms with van der Waals surface area (Å²) in [6, 6.07) is 13.8. The lowest BCUT2D eigenvalue weighted by atomic mass is 10.1. The molecule has 1 heterocycles. The van der Waals surface area contributed by atoms with Crippen LogP contribution in [0.1, 0.15) is 11.1 Å². The second-order valence-electron chi connectivity index (χ2n) is 5.64. The number of para-hydroxylation sites is 1. The number of nitrogens with one attached hydrogen (secondary N) is 1. The molecule has 3 aromatic rings. The zero-order valence-corrected chi connectivity index (χ0v) is 15.0. The largest absolute Gasteiger partial charge is 0.496 e. The average Bonchev–Trinajstić information content (AvgIpc) is 2.65. The van der Waals surface area contributed by atoms with Gasteiger partial charge in [0.25, 0.3) is 0 Å². The van der Waals surface area contributed by atoms with Crippen LogP contribution in [0, 0.1) is 0 Å². The minimum Gasteiger partial charge on any atom is -0.496 e. The molecule has 0 radical (unpaired) electrons. The van der Waals surface area contributed by atoms with Gasteiger partial charge in [0.1, 0.15) is 16.7 Å². The number of halogens is 4. The van der Waals surface area contributed by atoms with Crippen LogP contribution in [0.25, 0.3) is 11.4 Å². The third kappa shape index (κ3) is 4.68. The summed E-state index contributed by atoms with van der Waals surface area (Å²) in [6.07, 6.45) is -4.44. The van der Waals surface area contributed by atoms with Gasteiger partial charge in [-0.1, -0.05) is 41.9 Å². The molecular formula is C19H15ClF3N3O. The Labute approximate surface area is 159 Å². The van der Waals surface area contributed by atoms with E-state index in [9.17, 15) is 13.2 Å². The Morgan fingerprint density at radius 2 is 1.81 bits per heavy atom. The Morgan fingerprint density at radius 1 is 1.04 bits per heavy atom. The van der Waals surface area contributed by atoms with E-state index in [4.69, 9.17) is 16.3 Å². The highest BCUT2D eigenvalue weighted by atomic mass is 35.5. The monoisotopic (exact) mass is 393 g/mol. The predicted molar refractivity (Wildman–Crippen MR) is 97.8 cm³/mol. The molecule has 0 unspecified atom stereocenters. The van der Waals surface area contributed by atoms with Crippen LogP contribution in [0.3, 0.4) is 0 Å². The number of hydrogen-bond donors (Lipinski definition) is 1. The van der Waals surface area contributed by atoms with E-state index in [0.717, 1.165) is 17.7 Å². The second kappa shape index (κ2) is 7.84. The lowest BCUT2D eigenvalue weighted by Gasteiger charge is -2.12. The highest BCUT2D eigenvalue weighted by molar-refractivity contribution is 6.29. The van der Waals surface area contributed by atoms with Crippen molar-refractivity contribution in [1.29, 1.82) is 0 Å². The van der Waals surface area contributed by atoms with Gasteiger partial charge in [-0.3, -0.25) is 0 Å². The van der Waals surface area contributed by atoms with Gasteiger partial charge in [0.15, 0.2) is 5.82 Å². The third-order valence-electron chi connectivity index (χ3n) is 3.80. The van der Waals surface area contributed by atoms with Crippen molar-refractivity contribution in [3.8, 4) is 17.1 Å². The smallest absolute Gasteiger partial charge is 0.416 e. The van der Waals surface area contributed by atoms with Crippen LogP contribution < -0.4 is 10.1 Å². The Kier molecular flexibility index (Phi) is 5.51. The number of anilines is 1. The van der Waals surface area contributed by atoms with Crippen LogP contribution in [-0.4, -0.2) is 17.1 Å². The first-order valence-corrected chi connectivity index (χ1v) is 8.32. The van der Waals surface area contributed by atoms with E-state index in [1.165, 1.54) is 18.2 Å². The Morgan fingerprint density at radius 3 is 2.56 bits per heavy atom. The van der Waals surface area contributed by atoms with Gasteiger partial charge in [-0.25, -0.2) is 9.97 Å². The molecular weight excluding hydrogens is 379 g/mol. The first-order valence-electron chi connectivity index (χ1n) is 7.95. The normalized spacial score (nSPS) is 11.3. The highest BCUT2D eigenvalue weighted by Crippen LogP contribution is 2.32. The molecule has 27 heavy (non-hydrogen) atoms. The summed E-state index contributed by atoms with van der Waals surface area (Å²) in [4.78, 5) is 8.32. The van der Waals surface area contributed by atoms with Crippen LogP contribution in [0.15, 0.2) is 54.6 Å². The molecule has 0 bridgehead atoms. The highest BCUT2D eigenvalue weighted by Gasteiger charge is 2.30. The fraction of sp³-hybridized carbons (Fsp3) is 0.158. The van der Waals surface area contributed by atoms with Gasteiger partial charge in [0.2, 0.25) is 0 Å². The number of aromatic nitrogens is 2. The zero-order valence-electron chi connectivity index (χ0n) is 14.2. The van der Waals surface area contributed by atoms with E-state index in [-0.39, 0.29) is 16.5 Å². The number of benzene rings is 2. The van der Waals surface area contributed by atoms with E-state index >= 15 is 0 Å². The van der Waals surface area contributed by atoms with Crippen molar-refractivity contribution in [3.63, 3.8) is 0 Å². The summed E-state index contributed by atoms with van der Waals surface area (Å²) >= 11 is 6.03. The molecule has 0 amide bonds. The molecule has 4 nitrogen and oxygen atoms in total. The molecule has 0 spiro atoms. The fourth-order valence-corrected chi connectivity index (χ4v) is 2.69. The average molecular weight is 394 g/mol. The Bertz CT molecular complexity index is 947. The van der Waals surface area contributed by atoms with Gasteiger partial charge >= 0.3 is 6.18 Å². The van der Waals surface area contributed by atoms with Crippen molar-refractivity contribution in [2.45, 2.75) is 12.7 Å². The van der Waals surface area contributed by atoms with Crippen molar-refractivity contribution >= 4 is 17.4 Å². The van der Waals surface area contributed by atoms with Crippen molar-refractivity contribution in [2.24, 2.45) is 0 Å². The summed E-state index contributed by atoms with van der Waals surface area (Å²) in [5.74, 6) is 1.22. The van der Waals surface area contributed by atoms with Gasteiger partial charge in [-0.15, -0.1) is 0 Å². The third-order valence-corrected chi connectivity index (χ3v) is 3.99. The standard InChI is InChI=1S/C19H15ClF3N3O/c1-27-15-8-3-2-5-13(15)11-24-17-10-16(20)25-18(26-17)12-6-4-7-14(9-12)19(21,22)23/h2-10H,11H2,1H3,(H,24,25,26). The molecule has 0 atom stereocenters. The molecule has 1 N–H and O–H groups in total. The first-order chi connectivity index (χ1) is 12.9. The topological polar surface area (TPSA) is 47.0 Å². The van der Waals surface area contributed by atoms with Gasteiger partial charge < -0.3 is 10.1 Å². The quantitative estimate of drug-likeness (QED) is 0.586. The van der Waals surface area contributed by atoms with E-state index in [1.807, 2.05) is 24.3 Å². The predicted octanol–water partition coefficient (Wildman–Crippen LogP) is 5.44. The summed E-state index contributed by atoms with van der Waals surface area (Å²) in [7, 11) is 1.58. The molecule has 0 saturated heterocycles. The van der Waals surface area contributed by atoms with Crippen LogP contribution in [0.4, 0.5) is 19.0 Å². The van der Waals surface area contributed by atoms with Crippen molar-refractivity contribution < 1.29 is 17.9 Å². The number of rotatable bonds is 5. The maximum atomic E-state index is 12.9. The molecule has 0 fully saturated rings. The molecule has 0 aliphatic carbocycles. The van der Waals surface area contributed by atoms with Crippen molar-refractivity contribution in [3.05, 3.63) is 70.9 Å². The summed E-state index contributed by atoms with van der Waals surface area (Å²) in [5, 5.41) is 3.22. The Hall–Kier alpha value is -2.80.